The highest BCUT2D eigenvalue weighted by molar-refractivity contribution is 7.99. The van der Waals surface area contributed by atoms with Crippen LogP contribution >= 0.6 is 11.8 Å². The van der Waals surface area contributed by atoms with Gasteiger partial charge in [-0.05, 0) is 24.6 Å². The molecule has 1 aliphatic rings. The minimum Gasteiger partial charge on any atom is -0.375 e. The van der Waals surface area contributed by atoms with Crippen LogP contribution in [0.25, 0.3) is 10.9 Å². The molecule has 0 saturated carbocycles. The number of aromatic nitrogens is 1. The Morgan fingerprint density at radius 3 is 2.87 bits per heavy atom. The summed E-state index contributed by atoms with van der Waals surface area (Å²) in [7, 11) is 0. The van der Waals surface area contributed by atoms with Gasteiger partial charge < -0.3 is 10.3 Å². The lowest BCUT2D eigenvalue weighted by Gasteiger charge is -1.98. The van der Waals surface area contributed by atoms with Gasteiger partial charge in [0, 0.05) is 22.0 Å². The zero-order chi connectivity index (χ0) is 10.8. The van der Waals surface area contributed by atoms with Crippen molar-refractivity contribution in [3.8, 4) is 0 Å². The van der Waals surface area contributed by atoms with E-state index in [9.17, 15) is 0 Å². The average molecular weight is 220 g/mol. The van der Waals surface area contributed by atoms with Crippen LogP contribution in [0.2, 0.25) is 0 Å². The summed E-state index contributed by atoms with van der Waals surface area (Å²) >= 11 is 1.87. The molecule has 0 atom stereocenters. The Morgan fingerprint density at radius 2 is 2.07 bits per heavy atom. The van der Waals surface area contributed by atoms with E-state index in [1.165, 1.54) is 27.0 Å². The maximum atomic E-state index is 3.34. The molecule has 2 aromatic rings. The summed E-state index contributed by atoms with van der Waals surface area (Å²) in [5, 5.41) is 4.69. The topological polar surface area (TPSA) is 27.8 Å². The van der Waals surface area contributed by atoms with Crippen molar-refractivity contribution in [2.45, 2.75) is 25.7 Å². The molecule has 0 amide bonds. The highest BCUT2D eigenvalue weighted by atomic mass is 32.2. The first-order chi connectivity index (χ1) is 7.34. The Bertz CT molecular complexity index is 474. The quantitative estimate of drug-likeness (QED) is 0.703. The molecule has 0 radical (unpaired) electrons. The Kier molecular flexibility index (Phi) is 2.91. The fraction of sp³-hybridized carbons (Fsp3) is 0.333. The standard InChI is InChI=1S/C10H10N2S.C2H6/c1-6-4-11-8-3-9-10(2-7(6)8)13-5-12-9;1-2/h2-4,11-12H,5H2,1H3;1-2H3. The molecule has 0 aliphatic carbocycles. The van der Waals surface area contributed by atoms with Crippen molar-refractivity contribution >= 4 is 28.4 Å². The van der Waals surface area contributed by atoms with Gasteiger partial charge in [-0.25, -0.2) is 0 Å². The summed E-state index contributed by atoms with van der Waals surface area (Å²) in [6.07, 6.45) is 2.06. The summed E-state index contributed by atoms with van der Waals surface area (Å²) in [4.78, 5) is 4.64. The van der Waals surface area contributed by atoms with Gasteiger partial charge in [-0.15, -0.1) is 11.8 Å². The smallest absolute Gasteiger partial charge is 0.0658 e. The number of hydrogen-bond donors (Lipinski definition) is 2. The van der Waals surface area contributed by atoms with Crippen LogP contribution in [0.5, 0.6) is 0 Å². The minimum absolute atomic E-state index is 1.00. The number of rotatable bonds is 0. The normalized spacial score (nSPS) is 13.0. The van der Waals surface area contributed by atoms with Crippen LogP contribution in [0.4, 0.5) is 5.69 Å². The van der Waals surface area contributed by atoms with E-state index in [4.69, 9.17) is 0 Å². The summed E-state index contributed by atoms with van der Waals surface area (Å²) in [5.41, 5.74) is 3.82. The zero-order valence-corrected chi connectivity index (χ0v) is 10.2. The second-order valence-corrected chi connectivity index (χ2v) is 4.35. The summed E-state index contributed by atoms with van der Waals surface area (Å²) in [5.74, 6) is 1.00. The third-order valence-electron chi connectivity index (χ3n) is 2.48. The number of aromatic amines is 1. The van der Waals surface area contributed by atoms with Gasteiger partial charge in [-0.3, -0.25) is 0 Å². The molecule has 0 saturated heterocycles. The molecule has 2 heterocycles. The molecule has 0 unspecified atom stereocenters. The van der Waals surface area contributed by atoms with Crippen LogP contribution in [0.3, 0.4) is 0 Å². The van der Waals surface area contributed by atoms with Crippen molar-refractivity contribution in [2.24, 2.45) is 0 Å². The Balaban J connectivity index is 0.000000404. The number of nitrogens with one attached hydrogen (secondary N) is 2. The number of aryl methyl sites for hydroxylation is 1. The predicted octanol–water partition coefficient (Wildman–Crippen LogP) is 3.98. The Labute approximate surface area is 94.5 Å². The van der Waals surface area contributed by atoms with Gasteiger partial charge >= 0.3 is 0 Å². The van der Waals surface area contributed by atoms with Crippen molar-refractivity contribution in [3.63, 3.8) is 0 Å². The lowest BCUT2D eigenvalue weighted by Crippen LogP contribution is -1.87. The largest absolute Gasteiger partial charge is 0.375 e. The van der Waals surface area contributed by atoms with E-state index in [2.05, 4.69) is 35.6 Å². The van der Waals surface area contributed by atoms with E-state index in [-0.39, 0.29) is 0 Å². The van der Waals surface area contributed by atoms with E-state index in [1.54, 1.807) is 0 Å². The van der Waals surface area contributed by atoms with E-state index < -0.39 is 0 Å². The molecule has 3 heteroatoms. The number of H-pyrrole nitrogens is 1. The van der Waals surface area contributed by atoms with Crippen molar-refractivity contribution in [1.82, 2.24) is 4.98 Å². The first-order valence-electron chi connectivity index (χ1n) is 5.33. The Morgan fingerprint density at radius 1 is 1.27 bits per heavy atom. The van der Waals surface area contributed by atoms with Crippen LogP contribution in [-0.4, -0.2) is 10.9 Å². The van der Waals surface area contributed by atoms with Crippen LogP contribution in [0, 0.1) is 6.92 Å². The fourth-order valence-electron chi connectivity index (χ4n) is 1.74. The van der Waals surface area contributed by atoms with Crippen molar-refractivity contribution in [3.05, 3.63) is 23.9 Å². The number of benzene rings is 1. The highest BCUT2D eigenvalue weighted by Gasteiger charge is 2.12. The highest BCUT2D eigenvalue weighted by Crippen LogP contribution is 2.37. The van der Waals surface area contributed by atoms with Gasteiger partial charge in [0.15, 0.2) is 0 Å². The minimum atomic E-state index is 1.00. The number of fused-ring (bicyclic) bond motifs is 2. The predicted molar refractivity (Wildman–Crippen MR) is 68.7 cm³/mol. The SMILES string of the molecule is CC.Cc1c[nH]c2cc3c(cc12)SCN3. The molecule has 1 aromatic carbocycles. The number of hydrogen-bond acceptors (Lipinski definition) is 2. The van der Waals surface area contributed by atoms with E-state index in [0.717, 1.165) is 5.88 Å². The van der Waals surface area contributed by atoms with Gasteiger partial charge in [0.25, 0.3) is 0 Å². The maximum absolute atomic E-state index is 3.34. The van der Waals surface area contributed by atoms with Gasteiger partial charge in [-0.1, -0.05) is 13.8 Å². The molecule has 1 aromatic heterocycles. The molecular weight excluding hydrogens is 204 g/mol. The summed E-state index contributed by atoms with van der Waals surface area (Å²) < 4.78 is 0. The van der Waals surface area contributed by atoms with E-state index in [1.807, 2.05) is 25.6 Å². The molecule has 2 N–H and O–H groups in total. The van der Waals surface area contributed by atoms with Crippen LogP contribution in [0.1, 0.15) is 19.4 Å². The molecule has 15 heavy (non-hydrogen) atoms. The molecule has 0 fully saturated rings. The van der Waals surface area contributed by atoms with E-state index >= 15 is 0 Å². The molecule has 80 valence electrons. The molecular formula is C12H16N2S. The fourth-order valence-corrected chi connectivity index (χ4v) is 2.61. The lowest BCUT2D eigenvalue weighted by molar-refractivity contribution is 1.42. The van der Waals surface area contributed by atoms with Crippen LogP contribution in [-0.2, 0) is 0 Å². The third kappa shape index (κ3) is 1.72. The third-order valence-corrected chi connectivity index (χ3v) is 3.42. The summed E-state index contributed by atoms with van der Waals surface area (Å²) in [6.45, 7) is 6.14. The van der Waals surface area contributed by atoms with Gasteiger partial charge in [0.1, 0.15) is 0 Å². The second kappa shape index (κ2) is 4.19. The molecule has 0 spiro atoms. The van der Waals surface area contributed by atoms with Crippen molar-refractivity contribution in [1.29, 1.82) is 0 Å². The van der Waals surface area contributed by atoms with Crippen molar-refractivity contribution in [2.75, 3.05) is 11.2 Å². The molecule has 1 aliphatic heterocycles. The van der Waals surface area contributed by atoms with Crippen LogP contribution in [0.15, 0.2) is 23.2 Å². The monoisotopic (exact) mass is 220 g/mol. The second-order valence-electron chi connectivity index (χ2n) is 3.33. The van der Waals surface area contributed by atoms with Gasteiger partial charge in [0.05, 0.1) is 11.6 Å². The number of anilines is 1. The molecule has 3 rings (SSSR count). The molecule has 0 bridgehead atoms. The molecule has 2 nitrogen and oxygen atoms in total. The maximum Gasteiger partial charge on any atom is 0.0658 e. The summed E-state index contributed by atoms with van der Waals surface area (Å²) in [6, 6.07) is 4.46. The zero-order valence-electron chi connectivity index (χ0n) is 9.35. The van der Waals surface area contributed by atoms with Gasteiger partial charge in [-0.2, -0.15) is 0 Å². The van der Waals surface area contributed by atoms with Crippen molar-refractivity contribution < 1.29 is 0 Å². The first-order valence-corrected chi connectivity index (χ1v) is 6.31. The first kappa shape index (κ1) is 10.4. The van der Waals surface area contributed by atoms with E-state index in [0.29, 0.717) is 0 Å². The average Bonchev–Trinajstić information content (AvgIpc) is 2.86. The Hall–Kier alpha value is -1.09. The van der Waals surface area contributed by atoms with Gasteiger partial charge in [0.2, 0.25) is 0 Å². The lowest BCUT2D eigenvalue weighted by atomic mass is 10.2. The van der Waals surface area contributed by atoms with Crippen LogP contribution < -0.4 is 5.32 Å². The number of thioether (sulfide) groups is 1.